The number of benzene rings is 1. The number of nitrogens with one attached hydrogen (secondary N) is 3. The molecule has 4 heteroatoms. The first-order valence-corrected chi connectivity index (χ1v) is 6.85. The van der Waals surface area contributed by atoms with Crippen LogP contribution >= 0.6 is 0 Å². The van der Waals surface area contributed by atoms with Crippen LogP contribution in [0.3, 0.4) is 0 Å². The molecule has 4 nitrogen and oxygen atoms in total. The molecule has 0 fully saturated rings. The van der Waals surface area contributed by atoms with E-state index in [0.717, 1.165) is 23.5 Å². The van der Waals surface area contributed by atoms with Gasteiger partial charge >= 0.3 is 0 Å². The van der Waals surface area contributed by atoms with Gasteiger partial charge in [0.15, 0.2) is 0 Å². The Morgan fingerprint density at radius 2 is 2.00 bits per heavy atom. The van der Waals surface area contributed by atoms with E-state index in [1.165, 1.54) is 26.1 Å². The van der Waals surface area contributed by atoms with Crippen molar-refractivity contribution in [3.63, 3.8) is 0 Å². The number of aromatic amines is 1. The lowest BCUT2D eigenvalue weighted by molar-refractivity contribution is -0.896. The molecule has 1 heterocycles. The Morgan fingerprint density at radius 3 is 2.72 bits per heavy atom. The highest BCUT2D eigenvalue weighted by Gasteiger charge is 2.03. The zero-order valence-corrected chi connectivity index (χ0v) is 11.3. The van der Waals surface area contributed by atoms with Gasteiger partial charge in [-0.1, -0.05) is 12.1 Å². The molecule has 0 bridgehead atoms. The van der Waals surface area contributed by atoms with Crippen LogP contribution in [-0.2, 0) is 0 Å². The topological polar surface area (TPSA) is 45.1 Å². The Morgan fingerprint density at radius 1 is 1.22 bits per heavy atom. The van der Waals surface area contributed by atoms with Gasteiger partial charge in [0.1, 0.15) is 0 Å². The van der Waals surface area contributed by atoms with E-state index in [1.54, 1.807) is 4.90 Å². The molecule has 0 amide bonds. The van der Waals surface area contributed by atoms with Crippen LogP contribution in [0.5, 0.6) is 0 Å². The maximum Gasteiger partial charge on any atom is 0.201 e. The highest BCUT2D eigenvalue weighted by atomic mass is 15.1. The van der Waals surface area contributed by atoms with Gasteiger partial charge in [0.05, 0.1) is 30.7 Å². The SMILES string of the molecule is CC[NH+](CC)CCCNc1nc2ccccc2[nH]1. The second kappa shape index (κ2) is 6.40. The maximum absolute atomic E-state index is 4.50. The lowest BCUT2D eigenvalue weighted by atomic mass is 10.3. The minimum atomic E-state index is 0.880. The fraction of sp³-hybridized carbons (Fsp3) is 0.500. The summed E-state index contributed by atoms with van der Waals surface area (Å²) in [7, 11) is 0. The predicted molar refractivity (Wildman–Crippen MR) is 76.1 cm³/mol. The van der Waals surface area contributed by atoms with Crippen LogP contribution in [0.25, 0.3) is 11.0 Å². The lowest BCUT2D eigenvalue weighted by Crippen LogP contribution is -3.11. The number of nitrogens with zero attached hydrogens (tertiary/aromatic N) is 1. The standard InChI is InChI=1S/C14H22N4/c1-3-18(4-2)11-7-10-15-14-16-12-8-5-6-9-13(12)17-14/h5-6,8-9H,3-4,7,10-11H2,1-2H3,(H2,15,16,17)/p+1. The third-order valence-corrected chi connectivity index (χ3v) is 3.39. The summed E-state index contributed by atoms with van der Waals surface area (Å²) in [5.74, 6) is 0.880. The Labute approximate surface area is 108 Å². The molecule has 3 N–H and O–H groups in total. The summed E-state index contributed by atoms with van der Waals surface area (Å²) in [5.41, 5.74) is 2.11. The van der Waals surface area contributed by atoms with Gasteiger partial charge in [-0.25, -0.2) is 4.98 Å². The molecular weight excluding hydrogens is 224 g/mol. The van der Waals surface area contributed by atoms with Crippen molar-refractivity contribution < 1.29 is 4.90 Å². The lowest BCUT2D eigenvalue weighted by Gasteiger charge is -2.14. The third-order valence-electron chi connectivity index (χ3n) is 3.39. The second-order valence-electron chi connectivity index (χ2n) is 4.59. The van der Waals surface area contributed by atoms with E-state index in [2.05, 4.69) is 29.1 Å². The molecule has 0 saturated heterocycles. The van der Waals surface area contributed by atoms with Gasteiger partial charge in [-0.3, -0.25) is 0 Å². The van der Waals surface area contributed by atoms with Gasteiger partial charge in [-0.15, -0.1) is 0 Å². The molecule has 1 aromatic heterocycles. The smallest absolute Gasteiger partial charge is 0.201 e. The fourth-order valence-electron chi connectivity index (χ4n) is 2.19. The zero-order valence-electron chi connectivity index (χ0n) is 11.3. The third kappa shape index (κ3) is 3.23. The van der Waals surface area contributed by atoms with Crippen molar-refractivity contribution in [3.05, 3.63) is 24.3 Å². The molecule has 98 valence electrons. The van der Waals surface area contributed by atoms with Crippen molar-refractivity contribution >= 4 is 17.0 Å². The first kappa shape index (κ1) is 12.9. The van der Waals surface area contributed by atoms with Crippen molar-refractivity contribution in [3.8, 4) is 0 Å². The van der Waals surface area contributed by atoms with Gasteiger partial charge in [0.25, 0.3) is 0 Å². The fourth-order valence-corrected chi connectivity index (χ4v) is 2.19. The number of imidazole rings is 1. The summed E-state index contributed by atoms with van der Waals surface area (Å²) in [5, 5.41) is 3.36. The molecule has 0 aliphatic rings. The van der Waals surface area contributed by atoms with Crippen LogP contribution in [0.4, 0.5) is 5.95 Å². The molecular formula is C14H23N4+. The molecule has 0 unspecified atom stereocenters. The van der Waals surface area contributed by atoms with Crippen molar-refractivity contribution in [2.75, 3.05) is 31.5 Å². The summed E-state index contributed by atoms with van der Waals surface area (Å²) >= 11 is 0. The molecule has 18 heavy (non-hydrogen) atoms. The van der Waals surface area contributed by atoms with Crippen LogP contribution in [0.1, 0.15) is 20.3 Å². The van der Waals surface area contributed by atoms with Gasteiger partial charge in [0, 0.05) is 13.0 Å². The quantitative estimate of drug-likeness (QED) is 0.646. The van der Waals surface area contributed by atoms with Crippen LogP contribution in [0, 0.1) is 0 Å². The largest absolute Gasteiger partial charge is 0.356 e. The number of rotatable bonds is 7. The zero-order chi connectivity index (χ0) is 12.8. The van der Waals surface area contributed by atoms with E-state index < -0.39 is 0 Å². The number of aromatic nitrogens is 2. The molecule has 0 spiro atoms. The molecule has 0 radical (unpaired) electrons. The van der Waals surface area contributed by atoms with E-state index in [-0.39, 0.29) is 0 Å². The molecule has 0 aliphatic heterocycles. The van der Waals surface area contributed by atoms with Crippen molar-refractivity contribution in [1.29, 1.82) is 0 Å². The maximum atomic E-state index is 4.50. The molecule has 0 atom stereocenters. The second-order valence-corrected chi connectivity index (χ2v) is 4.59. The van der Waals surface area contributed by atoms with Crippen LogP contribution in [0.15, 0.2) is 24.3 Å². The van der Waals surface area contributed by atoms with Crippen LogP contribution in [-0.4, -0.2) is 36.1 Å². The predicted octanol–water partition coefficient (Wildman–Crippen LogP) is 1.29. The number of anilines is 1. The number of fused-ring (bicyclic) bond motifs is 1. The van der Waals surface area contributed by atoms with E-state index >= 15 is 0 Å². The first-order valence-electron chi connectivity index (χ1n) is 6.85. The van der Waals surface area contributed by atoms with Crippen molar-refractivity contribution in [2.24, 2.45) is 0 Å². The van der Waals surface area contributed by atoms with Gasteiger partial charge in [-0.2, -0.15) is 0 Å². The highest BCUT2D eigenvalue weighted by Crippen LogP contribution is 2.12. The summed E-state index contributed by atoms with van der Waals surface area (Å²) in [6.07, 6.45) is 1.17. The van der Waals surface area contributed by atoms with Gasteiger partial charge in [-0.05, 0) is 26.0 Å². The minimum Gasteiger partial charge on any atom is -0.356 e. The number of quaternary nitrogens is 1. The molecule has 0 saturated carbocycles. The normalized spacial score (nSPS) is 11.3. The Kier molecular flexibility index (Phi) is 4.59. The van der Waals surface area contributed by atoms with Crippen LogP contribution in [0.2, 0.25) is 0 Å². The summed E-state index contributed by atoms with van der Waals surface area (Å²) in [4.78, 5) is 9.43. The van der Waals surface area contributed by atoms with Gasteiger partial charge < -0.3 is 15.2 Å². The molecule has 0 aliphatic carbocycles. The van der Waals surface area contributed by atoms with E-state index in [1.807, 2.05) is 24.3 Å². The molecule has 2 aromatic rings. The van der Waals surface area contributed by atoms with E-state index in [4.69, 9.17) is 0 Å². The summed E-state index contributed by atoms with van der Waals surface area (Å²) < 4.78 is 0. The molecule has 1 aromatic carbocycles. The number of hydrogen-bond donors (Lipinski definition) is 3. The first-order chi connectivity index (χ1) is 8.83. The van der Waals surface area contributed by atoms with Crippen molar-refractivity contribution in [1.82, 2.24) is 9.97 Å². The number of hydrogen-bond acceptors (Lipinski definition) is 2. The Hall–Kier alpha value is -1.55. The van der Waals surface area contributed by atoms with E-state index in [0.29, 0.717) is 0 Å². The number of H-pyrrole nitrogens is 1. The Balaban J connectivity index is 1.80. The van der Waals surface area contributed by atoms with Crippen molar-refractivity contribution in [2.45, 2.75) is 20.3 Å². The van der Waals surface area contributed by atoms with Crippen LogP contribution < -0.4 is 10.2 Å². The molecule has 2 rings (SSSR count). The Bertz CT molecular complexity index is 440. The number of para-hydroxylation sites is 2. The summed E-state index contributed by atoms with van der Waals surface area (Å²) in [6.45, 7) is 9.10. The minimum absolute atomic E-state index is 0.880. The monoisotopic (exact) mass is 247 g/mol. The summed E-state index contributed by atoms with van der Waals surface area (Å²) in [6, 6.07) is 8.11. The van der Waals surface area contributed by atoms with Gasteiger partial charge in [0.2, 0.25) is 5.95 Å². The highest BCUT2D eigenvalue weighted by molar-refractivity contribution is 5.77. The average molecular weight is 247 g/mol. The average Bonchev–Trinajstić information content (AvgIpc) is 2.81. The van der Waals surface area contributed by atoms with E-state index in [9.17, 15) is 0 Å².